The summed E-state index contributed by atoms with van der Waals surface area (Å²) in [4.78, 5) is 17.1. The number of aryl methyl sites for hydroxylation is 1. The first-order valence-electron chi connectivity index (χ1n) is 10.5. The molecule has 0 bridgehead atoms. The maximum Gasteiger partial charge on any atom is 0.387 e. The first kappa shape index (κ1) is 24.0. The van der Waals surface area contributed by atoms with E-state index in [4.69, 9.17) is 13.9 Å². The molecule has 0 radical (unpaired) electrons. The average Bonchev–Trinajstić information content (AvgIpc) is 3.23. The molecule has 2 aromatic carbocycles. The molecular formula is C24H25F2NO6. The molecular weight excluding hydrogens is 436 g/mol. The van der Waals surface area contributed by atoms with E-state index in [2.05, 4.69) is 9.72 Å². The fourth-order valence-corrected chi connectivity index (χ4v) is 3.13. The summed E-state index contributed by atoms with van der Waals surface area (Å²) >= 11 is 0. The molecule has 1 heterocycles. The van der Waals surface area contributed by atoms with Crippen LogP contribution >= 0.6 is 0 Å². The Balaban J connectivity index is 1.74. The number of hydrogen-bond acceptors (Lipinski definition) is 7. The molecule has 0 fully saturated rings. The van der Waals surface area contributed by atoms with Gasteiger partial charge in [0.25, 0.3) is 0 Å². The second kappa shape index (κ2) is 10.8. The molecule has 33 heavy (non-hydrogen) atoms. The van der Waals surface area contributed by atoms with Crippen LogP contribution in [0.2, 0.25) is 0 Å². The number of Topliss-reactive ketones (excluding diaryl/α,β-unsaturated/α-hetero) is 1. The number of aromatic nitrogens is 1. The Bertz CT molecular complexity index is 1100. The smallest absolute Gasteiger partial charge is 0.387 e. The minimum Gasteiger partial charge on any atom is -0.508 e. The number of nitrogens with zero attached hydrogens (tertiary/aromatic N) is 1. The van der Waals surface area contributed by atoms with Crippen molar-refractivity contribution in [2.75, 3.05) is 6.61 Å². The molecule has 0 amide bonds. The average molecular weight is 461 g/mol. The number of carbonyl (C=O) groups is 1. The predicted octanol–water partition coefficient (Wildman–Crippen LogP) is 5.65. The first-order valence-corrected chi connectivity index (χ1v) is 10.5. The van der Waals surface area contributed by atoms with E-state index in [-0.39, 0.29) is 41.4 Å². The number of benzene rings is 2. The largest absolute Gasteiger partial charge is 0.508 e. The molecule has 9 heteroatoms. The minimum atomic E-state index is -2.98. The van der Waals surface area contributed by atoms with Crippen LogP contribution in [0, 0.1) is 0 Å². The van der Waals surface area contributed by atoms with Crippen molar-refractivity contribution in [1.29, 1.82) is 0 Å². The number of ketones is 1. The van der Waals surface area contributed by atoms with Crippen molar-refractivity contribution in [3.63, 3.8) is 0 Å². The zero-order valence-electron chi connectivity index (χ0n) is 18.5. The van der Waals surface area contributed by atoms with Crippen molar-refractivity contribution < 1.29 is 37.3 Å². The van der Waals surface area contributed by atoms with Crippen molar-refractivity contribution >= 4 is 5.78 Å². The van der Waals surface area contributed by atoms with Crippen LogP contribution in [0.5, 0.6) is 23.0 Å². The number of alkyl halides is 2. The maximum absolute atomic E-state index is 12.7. The van der Waals surface area contributed by atoms with Crippen molar-refractivity contribution in [2.24, 2.45) is 0 Å². The molecule has 0 atom stereocenters. The summed E-state index contributed by atoms with van der Waals surface area (Å²) in [5, 5.41) is 9.72. The zero-order chi connectivity index (χ0) is 24.0. The van der Waals surface area contributed by atoms with Gasteiger partial charge in [-0.3, -0.25) is 4.79 Å². The number of phenolic OH excluding ortho intramolecular Hbond substituents is 1. The number of phenols is 1. The highest BCUT2D eigenvalue weighted by Crippen LogP contribution is 2.34. The van der Waals surface area contributed by atoms with E-state index in [0.29, 0.717) is 35.6 Å². The highest BCUT2D eigenvalue weighted by atomic mass is 19.3. The van der Waals surface area contributed by atoms with Crippen LogP contribution in [0.1, 0.15) is 43.2 Å². The van der Waals surface area contributed by atoms with Crippen LogP contribution in [0.4, 0.5) is 8.78 Å². The van der Waals surface area contributed by atoms with E-state index in [0.717, 1.165) is 0 Å². The Hall–Kier alpha value is -3.62. The van der Waals surface area contributed by atoms with E-state index < -0.39 is 6.61 Å². The molecule has 0 saturated heterocycles. The van der Waals surface area contributed by atoms with Crippen molar-refractivity contribution in [3.8, 4) is 34.5 Å². The quantitative estimate of drug-likeness (QED) is 0.369. The summed E-state index contributed by atoms with van der Waals surface area (Å²) in [6, 6.07) is 8.80. The molecule has 0 unspecified atom stereocenters. The Morgan fingerprint density at radius 1 is 1.09 bits per heavy atom. The van der Waals surface area contributed by atoms with Crippen molar-refractivity contribution in [1.82, 2.24) is 4.98 Å². The Kier molecular flexibility index (Phi) is 7.87. The Labute approximate surface area is 189 Å². The Morgan fingerprint density at radius 3 is 2.55 bits per heavy atom. The van der Waals surface area contributed by atoms with Gasteiger partial charge in [-0.2, -0.15) is 8.78 Å². The molecule has 3 rings (SSSR count). The van der Waals surface area contributed by atoms with E-state index in [1.807, 2.05) is 6.92 Å². The van der Waals surface area contributed by atoms with E-state index in [9.17, 15) is 18.7 Å². The Morgan fingerprint density at radius 2 is 1.85 bits per heavy atom. The molecule has 0 saturated carbocycles. The van der Waals surface area contributed by atoms with Crippen LogP contribution in [-0.2, 0) is 6.42 Å². The third kappa shape index (κ3) is 6.44. The van der Waals surface area contributed by atoms with Gasteiger partial charge in [0.15, 0.2) is 17.3 Å². The summed E-state index contributed by atoms with van der Waals surface area (Å²) < 4.78 is 46.4. The van der Waals surface area contributed by atoms with Gasteiger partial charge in [-0.1, -0.05) is 0 Å². The summed E-state index contributed by atoms with van der Waals surface area (Å²) in [7, 11) is 0. The monoisotopic (exact) mass is 461 g/mol. The van der Waals surface area contributed by atoms with Gasteiger partial charge < -0.3 is 23.7 Å². The van der Waals surface area contributed by atoms with Crippen LogP contribution in [0.15, 0.2) is 47.1 Å². The second-order valence-electron chi connectivity index (χ2n) is 7.39. The van der Waals surface area contributed by atoms with Crippen LogP contribution in [-0.4, -0.2) is 35.2 Å². The third-order valence-electron chi connectivity index (χ3n) is 4.49. The summed E-state index contributed by atoms with van der Waals surface area (Å²) in [5.41, 5.74) is 1.35. The topological polar surface area (TPSA) is 91.0 Å². The number of oxazole rings is 1. The van der Waals surface area contributed by atoms with Crippen LogP contribution < -0.4 is 14.2 Å². The molecule has 7 nitrogen and oxygen atoms in total. The molecule has 0 aliphatic heterocycles. The van der Waals surface area contributed by atoms with Gasteiger partial charge in [0.05, 0.1) is 24.0 Å². The van der Waals surface area contributed by atoms with E-state index in [1.165, 1.54) is 36.6 Å². The number of rotatable bonds is 11. The van der Waals surface area contributed by atoms with Gasteiger partial charge in [-0.25, -0.2) is 4.98 Å². The fourth-order valence-electron chi connectivity index (χ4n) is 3.13. The lowest BCUT2D eigenvalue weighted by Gasteiger charge is -2.15. The molecule has 0 aliphatic carbocycles. The lowest BCUT2D eigenvalue weighted by molar-refractivity contribution is -0.0518. The van der Waals surface area contributed by atoms with Crippen LogP contribution in [0.25, 0.3) is 11.5 Å². The SMILES string of the molecule is CCOc1ccc(O)cc1C(=O)CCc1coc(-c2ccc(OC(F)F)c(OC(C)C)c2)n1. The summed E-state index contributed by atoms with van der Waals surface area (Å²) in [5.74, 6) is 0.484. The highest BCUT2D eigenvalue weighted by molar-refractivity contribution is 5.99. The lowest BCUT2D eigenvalue weighted by atomic mass is 10.0. The number of halogens is 2. The maximum atomic E-state index is 12.7. The molecule has 0 aliphatic rings. The van der Waals surface area contributed by atoms with E-state index >= 15 is 0 Å². The van der Waals surface area contributed by atoms with E-state index in [1.54, 1.807) is 19.9 Å². The van der Waals surface area contributed by atoms with Crippen molar-refractivity contribution in [3.05, 3.63) is 53.9 Å². The van der Waals surface area contributed by atoms with Gasteiger partial charge in [-0.05, 0) is 57.2 Å². The summed E-state index contributed by atoms with van der Waals surface area (Å²) in [6.45, 7) is 2.75. The number of ether oxygens (including phenoxy) is 3. The standard InChI is InChI=1S/C24H25F2NO6/c1-4-30-20-10-7-17(28)12-18(20)19(29)8-6-16-13-31-23(27-16)15-5-9-21(33-24(25)26)22(11-15)32-14(2)3/h5,7,9-14,24,28H,4,6,8H2,1-3H3. The van der Waals surface area contributed by atoms with Gasteiger partial charge in [0.2, 0.25) is 5.89 Å². The van der Waals surface area contributed by atoms with Gasteiger partial charge in [0, 0.05) is 18.4 Å². The van der Waals surface area contributed by atoms with Crippen LogP contribution in [0.3, 0.4) is 0 Å². The predicted molar refractivity (Wildman–Crippen MR) is 116 cm³/mol. The summed E-state index contributed by atoms with van der Waals surface area (Å²) in [6.07, 6.45) is 1.59. The molecule has 3 aromatic rings. The minimum absolute atomic E-state index is 0.0239. The van der Waals surface area contributed by atoms with Gasteiger partial charge in [-0.15, -0.1) is 0 Å². The first-order chi connectivity index (χ1) is 15.8. The molecule has 176 valence electrons. The van der Waals surface area contributed by atoms with Gasteiger partial charge >= 0.3 is 6.61 Å². The lowest BCUT2D eigenvalue weighted by Crippen LogP contribution is -2.09. The normalized spacial score (nSPS) is 11.1. The van der Waals surface area contributed by atoms with Crippen molar-refractivity contribution in [2.45, 2.75) is 46.3 Å². The number of hydrogen-bond donors (Lipinski definition) is 1. The molecule has 1 N–H and O–H groups in total. The number of aromatic hydroxyl groups is 1. The molecule has 0 spiro atoms. The fraction of sp³-hybridized carbons (Fsp3) is 0.333. The second-order valence-corrected chi connectivity index (χ2v) is 7.39. The zero-order valence-corrected chi connectivity index (χ0v) is 18.5. The molecule has 1 aromatic heterocycles. The van der Waals surface area contributed by atoms with Gasteiger partial charge in [0.1, 0.15) is 17.8 Å². The number of carbonyl (C=O) groups excluding carboxylic acids is 1. The highest BCUT2D eigenvalue weighted by Gasteiger charge is 2.18. The third-order valence-corrected chi connectivity index (χ3v) is 4.49.